The Morgan fingerprint density at radius 2 is 2.24 bits per heavy atom. The fraction of sp³-hybridized carbons (Fsp3) is 0.667. The highest BCUT2D eigenvalue weighted by Crippen LogP contribution is 2.34. The highest BCUT2D eigenvalue weighted by atomic mass is 32.1. The molecule has 94 valence electrons. The summed E-state index contributed by atoms with van der Waals surface area (Å²) >= 11 is 5.16. The number of hydrogen-bond acceptors (Lipinski definition) is 3. The van der Waals surface area contributed by atoms with Gasteiger partial charge in [0.2, 0.25) is 0 Å². The molecule has 4 nitrogen and oxygen atoms in total. The summed E-state index contributed by atoms with van der Waals surface area (Å²) in [7, 11) is 1.97. The largest absolute Gasteiger partial charge is 0.389 e. The summed E-state index contributed by atoms with van der Waals surface area (Å²) < 4.78 is 1.91. The second-order valence-corrected chi connectivity index (χ2v) is 5.14. The van der Waals surface area contributed by atoms with Gasteiger partial charge in [0.05, 0.1) is 11.3 Å². The first-order chi connectivity index (χ1) is 8.06. The first-order valence-electron chi connectivity index (χ1n) is 6.16. The molecule has 1 heterocycles. The molecule has 0 amide bonds. The fourth-order valence-corrected chi connectivity index (χ4v) is 2.59. The van der Waals surface area contributed by atoms with E-state index in [0.717, 1.165) is 30.0 Å². The zero-order chi connectivity index (χ0) is 12.6. The van der Waals surface area contributed by atoms with Crippen molar-refractivity contribution < 1.29 is 0 Å². The van der Waals surface area contributed by atoms with Crippen LogP contribution >= 0.6 is 12.2 Å². The SMILES string of the molecule is CCCN(c1c(C(N)=S)c(C)nn1C)C1CC1. The third kappa shape index (κ3) is 2.29. The number of hydrogen-bond donors (Lipinski definition) is 1. The zero-order valence-corrected chi connectivity index (χ0v) is 11.5. The lowest BCUT2D eigenvalue weighted by Crippen LogP contribution is -2.30. The molecule has 2 N–H and O–H groups in total. The van der Waals surface area contributed by atoms with Crippen molar-refractivity contribution in [2.45, 2.75) is 39.2 Å². The number of nitrogens with two attached hydrogens (primary N) is 1. The monoisotopic (exact) mass is 252 g/mol. The van der Waals surface area contributed by atoms with Crippen LogP contribution in [0.2, 0.25) is 0 Å². The van der Waals surface area contributed by atoms with Crippen LogP contribution in [0.15, 0.2) is 0 Å². The molecular weight excluding hydrogens is 232 g/mol. The van der Waals surface area contributed by atoms with E-state index in [1.165, 1.54) is 12.8 Å². The number of thiocarbonyl (C=S) groups is 1. The van der Waals surface area contributed by atoms with E-state index in [4.69, 9.17) is 18.0 Å². The summed E-state index contributed by atoms with van der Waals surface area (Å²) in [5.74, 6) is 1.10. The van der Waals surface area contributed by atoms with Crippen LogP contribution in [0, 0.1) is 6.92 Å². The smallest absolute Gasteiger partial charge is 0.137 e. The van der Waals surface area contributed by atoms with Gasteiger partial charge in [-0.2, -0.15) is 5.10 Å². The van der Waals surface area contributed by atoms with Crippen LogP contribution in [0.1, 0.15) is 37.4 Å². The first-order valence-corrected chi connectivity index (χ1v) is 6.57. The second kappa shape index (κ2) is 4.64. The van der Waals surface area contributed by atoms with Crippen molar-refractivity contribution in [3.05, 3.63) is 11.3 Å². The molecule has 0 spiro atoms. The molecule has 0 aliphatic heterocycles. The predicted molar refractivity (Wildman–Crippen MR) is 74.5 cm³/mol. The van der Waals surface area contributed by atoms with Gasteiger partial charge >= 0.3 is 0 Å². The average molecular weight is 252 g/mol. The standard InChI is InChI=1S/C12H20N4S/c1-4-7-16(9-5-6-9)12-10(11(13)17)8(2)14-15(12)3/h9H,4-7H2,1-3H3,(H2,13,17). The summed E-state index contributed by atoms with van der Waals surface area (Å²) in [6, 6.07) is 0.651. The van der Waals surface area contributed by atoms with E-state index in [1.807, 2.05) is 18.7 Å². The molecule has 1 aromatic rings. The van der Waals surface area contributed by atoms with Gasteiger partial charge in [0.25, 0.3) is 0 Å². The lowest BCUT2D eigenvalue weighted by Gasteiger charge is -2.25. The lowest BCUT2D eigenvalue weighted by atomic mass is 10.2. The molecule has 1 saturated carbocycles. The van der Waals surface area contributed by atoms with Gasteiger partial charge in [0.1, 0.15) is 10.8 Å². The van der Waals surface area contributed by atoms with E-state index in [-0.39, 0.29) is 0 Å². The molecule has 0 saturated heterocycles. The summed E-state index contributed by atoms with van der Waals surface area (Å²) in [5.41, 5.74) is 7.71. The van der Waals surface area contributed by atoms with Gasteiger partial charge in [-0.15, -0.1) is 0 Å². The lowest BCUT2D eigenvalue weighted by molar-refractivity contribution is 0.683. The van der Waals surface area contributed by atoms with E-state index >= 15 is 0 Å². The normalized spacial score (nSPS) is 15.0. The maximum Gasteiger partial charge on any atom is 0.137 e. The van der Waals surface area contributed by atoms with E-state index in [2.05, 4.69) is 16.9 Å². The van der Waals surface area contributed by atoms with Gasteiger partial charge in [-0.25, -0.2) is 0 Å². The molecular formula is C12H20N4S. The topological polar surface area (TPSA) is 47.1 Å². The molecule has 0 bridgehead atoms. The molecule has 1 aromatic heterocycles. The van der Waals surface area contributed by atoms with Crippen molar-refractivity contribution >= 4 is 23.0 Å². The highest BCUT2D eigenvalue weighted by Gasteiger charge is 2.33. The molecule has 0 unspecified atom stereocenters. The number of rotatable bonds is 5. The third-order valence-corrected chi connectivity index (χ3v) is 3.37. The minimum Gasteiger partial charge on any atom is -0.389 e. The molecule has 2 rings (SSSR count). The Morgan fingerprint density at radius 3 is 2.71 bits per heavy atom. The van der Waals surface area contributed by atoms with Gasteiger partial charge in [0.15, 0.2) is 0 Å². The number of nitrogens with zero attached hydrogens (tertiary/aromatic N) is 3. The van der Waals surface area contributed by atoms with Crippen LogP contribution in [-0.2, 0) is 7.05 Å². The second-order valence-electron chi connectivity index (χ2n) is 4.70. The van der Waals surface area contributed by atoms with Gasteiger partial charge in [-0.05, 0) is 26.2 Å². The van der Waals surface area contributed by atoms with E-state index < -0.39 is 0 Å². The van der Waals surface area contributed by atoms with Crippen molar-refractivity contribution in [3.8, 4) is 0 Å². The number of aromatic nitrogens is 2. The van der Waals surface area contributed by atoms with E-state index in [9.17, 15) is 0 Å². The first kappa shape index (κ1) is 12.4. The molecule has 0 atom stereocenters. The van der Waals surface area contributed by atoms with E-state index in [1.54, 1.807) is 0 Å². The van der Waals surface area contributed by atoms with Crippen LogP contribution < -0.4 is 10.6 Å². The Hall–Kier alpha value is -1.10. The summed E-state index contributed by atoms with van der Waals surface area (Å²) in [6.45, 7) is 5.20. The summed E-state index contributed by atoms with van der Waals surface area (Å²) in [6.07, 6.45) is 3.65. The minimum absolute atomic E-state index is 0.451. The molecule has 1 aliphatic rings. The molecule has 1 fully saturated rings. The van der Waals surface area contributed by atoms with Gasteiger partial charge in [-0.3, -0.25) is 4.68 Å². The molecule has 5 heteroatoms. The van der Waals surface area contributed by atoms with Gasteiger partial charge in [-0.1, -0.05) is 19.1 Å². The predicted octanol–water partition coefficient (Wildman–Crippen LogP) is 1.74. The Bertz CT molecular complexity index is 434. The quantitative estimate of drug-likeness (QED) is 0.811. The van der Waals surface area contributed by atoms with Gasteiger partial charge in [0, 0.05) is 19.6 Å². The maximum absolute atomic E-state index is 5.83. The van der Waals surface area contributed by atoms with Crippen LogP contribution in [0.3, 0.4) is 0 Å². The Labute approximate surface area is 108 Å². The van der Waals surface area contributed by atoms with Crippen molar-refractivity contribution in [1.82, 2.24) is 9.78 Å². The van der Waals surface area contributed by atoms with Crippen molar-refractivity contribution in [2.75, 3.05) is 11.4 Å². The summed E-state index contributed by atoms with van der Waals surface area (Å²) in [5, 5.41) is 4.45. The van der Waals surface area contributed by atoms with Crippen molar-refractivity contribution in [2.24, 2.45) is 12.8 Å². The highest BCUT2D eigenvalue weighted by molar-refractivity contribution is 7.80. The third-order valence-electron chi connectivity index (χ3n) is 3.16. The molecule has 1 aliphatic carbocycles. The van der Waals surface area contributed by atoms with Crippen LogP contribution in [0.4, 0.5) is 5.82 Å². The van der Waals surface area contributed by atoms with Crippen molar-refractivity contribution in [1.29, 1.82) is 0 Å². The minimum atomic E-state index is 0.451. The van der Waals surface area contributed by atoms with E-state index in [0.29, 0.717) is 11.0 Å². The Balaban J connectivity index is 2.44. The molecule has 17 heavy (non-hydrogen) atoms. The molecule has 0 radical (unpaired) electrons. The molecule has 0 aromatic carbocycles. The van der Waals surface area contributed by atoms with Crippen molar-refractivity contribution in [3.63, 3.8) is 0 Å². The van der Waals surface area contributed by atoms with Gasteiger partial charge < -0.3 is 10.6 Å². The number of anilines is 1. The van der Waals surface area contributed by atoms with Crippen LogP contribution in [-0.4, -0.2) is 27.4 Å². The fourth-order valence-electron chi connectivity index (χ4n) is 2.35. The zero-order valence-electron chi connectivity index (χ0n) is 10.7. The Morgan fingerprint density at radius 1 is 1.59 bits per heavy atom. The van der Waals surface area contributed by atoms with Crippen LogP contribution in [0.5, 0.6) is 0 Å². The number of aryl methyl sites for hydroxylation is 2. The Kier molecular flexibility index (Phi) is 3.38. The summed E-state index contributed by atoms with van der Waals surface area (Å²) in [4.78, 5) is 2.86. The van der Waals surface area contributed by atoms with Crippen LogP contribution in [0.25, 0.3) is 0 Å². The maximum atomic E-state index is 5.83. The average Bonchev–Trinajstić information content (AvgIpc) is 3.01.